The molecule has 0 aliphatic carbocycles. The quantitative estimate of drug-likeness (QED) is 0.214. The van der Waals surface area contributed by atoms with Crippen molar-refractivity contribution in [2.45, 2.75) is 56.7 Å². The predicted octanol–water partition coefficient (Wildman–Crippen LogP) is 4.40. The number of esters is 1. The molecule has 42 heavy (non-hydrogen) atoms. The summed E-state index contributed by atoms with van der Waals surface area (Å²) in [5.41, 5.74) is 1.72. The predicted molar refractivity (Wildman–Crippen MR) is 162 cm³/mol. The molecule has 2 N–H and O–H groups in total. The van der Waals surface area contributed by atoms with E-state index < -0.39 is 30.0 Å². The number of nitrogens with zero attached hydrogens (tertiary/aromatic N) is 1. The Kier molecular flexibility index (Phi) is 13.5. The summed E-state index contributed by atoms with van der Waals surface area (Å²) in [7, 11) is 1.52. The first-order valence-electron chi connectivity index (χ1n) is 14.6. The summed E-state index contributed by atoms with van der Waals surface area (Å²) in [6, 6.07) is 18.1. The van der Waals surface area contributed by atoms with Gasteiger partial charge in [0.2, 0.25) is 11.8 Å². The molecule has 3 rings (SSSR count). The van der Waals surface area contributed by atoms with Gasteiger partial charge in [-0.2, -0.15) is 0 Å². The molecule has 8 nitrogen and oxygen atoms in total. The molecule has 0 saturated carbocycles. The minimum absolute atomic E-state index is 0.0116. The molecular weight excluding hydrogens is 532 g/mol. The van der Waals surface area contributed by atoms with Crippen LogP contribution in [0.4, 0.5) is 0 Å². The number of amides is 2. The summed E-state index contributed by atoms with van der Waals surface area (Å²) in [5, 5.41) is 12.7. The first kappa shape index (κ1) is 32.8. The van der Waals surface area contributed by atoms with Crippen LogP contribution in [-0.2, 0) is 30.3 Å². The van der Waals surface area contributed by atoms with Gasteiger partial charge in [0.05, 0.1) is 37.1 Å². The van der Waals surface area contributed by atoms with E-state index in [1.54, 1.807) is 17.1 Å². The Morgan fingerprint density at radius 2 is 1.67 bits per heavy atom. The zero-order valence-corrected chi connectivity index (χ0v) is 24.5. The van der Waals surface area contributed by atoms with Crippen LogP contribution in [0.1, 0.15) is 49.3 Å². The van der Waals surface area contributed by atoms with Crippen molar-refractivity contribution in [1.82, 2.24) is 10.2 Å². The summed E-state index contributed by atoms with van der Waals surface area (Å²) < 4.78 is 11.6. The summed E-state index contributed by atoms with van der Waals surface area (Å²) in [6.07, 6.45) is 5.28. The van der Waals surface area contributed by atoms with E-state index in [2.05, 4.69) is 18.5 Å². The maximum atomic E-state index is 13.6. The van der Waals surface area contributed by atoms with Crippen LogP contribution in [0.25, 0.3) is 0 Å². The summed E-state index contributed by atoms with van der Waals surface area (Å²) in [6.45, 7) is 8.16. The third kappa shape index (κ3) is 9.39. The van der Waals surface area contributed by atoms with E-state index in [4.69, 9.17) is 9.47 Å². The molecule has 1 aliphatic rings. The molecule has 0 aromatic heterocycles. The zero-order valence-electron chi connectivity index (χ0n) is 24.5. The second kappa shape index (κ2) is 17.3. The molecule has 0 bridgehead atoms. The number of aliphatic hydroxyl groups excluding tert-OH is 1. The molecule has 226 valence electrons. The highest BCUT2D eigenvalue weighted by Gasteiger charge is 2.35. The van der Waals surface area contributed by atoms with E-state index in [-0.39, 0.29) is 37.5 Å². The van der Waals surface area contributed by atoms with Crippen molar-refractivity contribution in [2.75, 3.05) is 26.9 Å². The van der Waals surface area contributed by atoms with Crippen LogP contribution in [0, 0.1) is 11.8 Å². The van der Waals surface area contributed by atoms with E-state index in [1.807, 2.05) is 60.7 Å². The standard InChI is InChI=1S/C34H44N2O6/c1-4-13-27(22-31(38)36-20-12-19-29(36)23-37)33(39)35-30(24-41-3)32(26-17-10-7-11-18-26)42-34(40)28(14-5-2)21-25-15-8-6-9-16-25/h4-11,15-18,27-30,32,37H,1-2,12-14,19-24H2,3H3,(H,35,39)/t27-,28+,29+,30+,32+/m1/s1. The second-order valence-corrected chi connectivity index (χ2v) is 10.7. The number of methoxy groups -OCH3 is 1. The normalized spacial score (nSPS) is 17.5. The molecule has 5 atom stereocenters. The minimum atomic E-state index is -0.830. The van der Waals surface area contributed by atoms with Gasteiger partial charge in [-0.3, -0.25) is 14.4 Å². The zero-order chi connectivity index (χ0) is 30.3. The number of hydrogen-bond donors (Lipinski definition) is 2. The number of likely N-dealkylation sites (tertiary alicyclic amines) is 1. The van der Waals surface area contributed by atoms with Gasteiger partial charge in [-0.1, -0.05) is 72.8 Å². The van der Waals surface area contributed by atoms with E-state index in [0.29, 0.717) is 31.4 Å². The molecule has 0 spiro atoms. The fraction of sp³-hybridized carbons (Fsp3) is 0.441. The van der Waals surface area contributed by atoms with Gasteiger partial charge in [0.25, 0.3) is 0 Å². The van der Waals surface area contributed by atoms with Crippen LogP contribution in [0.5, 0.6) is 0 Å². The number of carbonyl (C=O) groups excluding carboxylic acids is 3. The Labute approximate surface area is 249 Å². The number of nitrogens with one attached hydrogen (secondary N) is 1. The third-order valence-corrected chi connectivity index (χ3v) is 7.67. The van der Waals surface area contributed by atoms with E-state index >= 15 is 0 Å². The van der Waals surface area contributed by atoms with Crippen LogP contribution < -0.4 is 5.32 Å². The lowest BCUT2D eigenvalue weighted by molar-refractivity contribution is -0.158. The Morgan fingerprint density at radius 1 is 1.02 bits per heavy atom. The summed E-state index contributed by atoms with van der Waals surface area (Å²) in [4.78, 5) is 42.0. The fourth-order valence-electron chi connectivity index (χ4n) is 5.46. The van der Waals surface area contributed by atoms with Crippen LogP contribution in [0.3, 0.4) is 0 Å². The van der Waals surface area contributed by atoms with Gasteiger partial charge >= 0.3 is 5.97 Å². The van der Waals surface area contributed by atoms with Gasteiger partial charge in [0.15, 0.2) is 0 Å². The van der Waals surface area contributed by atoms with Crippen molar-refractivity contribution < 1.29 is 29.0 Å². The lowest BCUT2D eigenvalue weighted by Gasteiger charge is -2.31. The lowest BCUT2D eigenvalue weighted by Crippen LogP contribution is -2.47. The van der Waals surface area contributed by atoms with E-state index in [0.717, 1.165) is 18.4 Å². The topological polar surface area (TPSA) is 105 Å². The lowest BCUT2D eigenvalue weighted by atomic mass is 9.95. The van der Waals surface area contributed by atoms with Crippen LogP contribution in [-0.4, -0.2) is 66.7 Å². The average Bonchev–Trinajstić information content (AvgIpc) is 3.49. The SMILES string of the molecule is C=CC[C@H](CC(=O)N1CCC[C@H]1CO)C(=O)N[C@@H](COC)[C@@H](OC(=O)[C@@H](CC=C)Cc1ccccc1)c1ccccc1. The molecule has 2 aromatic carbocycles. The van der Waals surface area contributed by atoms with Gasteiger partial charge in [0, 0.05) is 20.1 Å². The molecule has 1 saturated heterocycles. The second-order valence-electron chi connectivity index (χ2n) is 10.7. The number of allylic oxidation sites excluding steroid dienone is 2. The van der Waals surface area contributed by atoms with E-state index in [1.165, 1.54) is 7.11 Å². The Hall–Kier alpha value is -3.75. The highest BCUT2D eigenvalue weighted by atomic mass is 16.5. The van der Waals surface area contributed by atoms with Crippen molar-refractivity contribution in [2.24, 2.45) is 11.8 Å². The molecule has 0 radical (unpaired) electrons. The number of aliphatic hydroxyl groups is 1. The van der Waals surface area contributed by atoms with E-state index in [9.17, 15) is 19.5 Å². The largest absolute Gasteiger partial charge is 0.455 e. The van der Waals surface area contributed by atoms with Crippen molar-refractivity contribution >= 4 is 17.8 Å². The van der Waals surface area contributed by atoms with Gasteiger partial charge in [-0.25, -0.2) is 0 Å². The first-order chi connectivity index (χ1) is 20.4. The minimum Gasteiger partial charge on any atom is -0.455 e. The Morgan fingerprint density at radius 3 is 2.29 bits per heavy atom. The van der Waals surface area contributed by atoms with Gasteiger partial charge in [-0.15, -0.1) is 13.2 Å². The Bertz CT molecular complexity index is 1160. The summed E-state index contributed by atoms with van der Waals surface area (Å²) in [5.74, 6) is -2.05. The molecule has 1 heterocycles. The molecule has 1 aliphatic heterocycles. The molecule has 0 unspecified atom stereocenters. The molecule has 8 heteroatoms. The molecule has 2 amide bonds. The monoisotopic (exact) mass is 576 g/mol. The fourth-order valence-corrected chi connectivity index (χ4v) is 5.46. The molecule has 1 fully saturated rings. The van der Waals surface area contributed by atoms with Crippen molar-refractivity contribution in [3.63, 3.8) is 0 Å². The average molecular weight is 577 g/mol. The van der Waals surface area contributed by atoms with Crippen LogP contribution in [0.15, 0.2) is 86.0 Å². The van der Waals surface area contributed by atoms with Crippen molar-refractivity contribution in [3.05, 3.63) is 97.1 Å². The van der Waals surface area contributed by atoms with Crippen LogP contribution >= 0.6 is 0 Å². The highest BCUT2D eigenvalue weighted by molar-refractivity contribution is 5.86. The maximum Gasteiger partial charge on any atom is 0.310 e. The van der Waals surface area contributed by atoms with Gasteiger partial charge in [-0.05, 0) is 43.2 Å². The van der Waals surface area contributed by atoms with Gasteiger partial charge < -0.3 is 24.8 Å². The molecule has 2 aromatic rings. The number of carbonyl (C=O) groups is 3. The van der Waals surface area contributed by atoms with Gasteiger partial charge in [0.1, 0.15) is 6.10 Å². The first-order valence-corrected chi connectivity index (χ1v) is 14.6. The number of ether oxygens (including phenoxy) is 2. The smallest absolute Gasteiger partial charge is 0.310 e. The Balaban J connectivity index is 1.82. The maximum absolute atomic E-state index is 13.6. The van der Waals surface area contributed by atoms with Crippen LogP contribution in [0.2, 0.25) is 0 Å². The number of rotatable bonds is 17. The molecular formula is C34H44N2O6. The van der Waals surface area contributed by atoms with Crippen molar-refractivity contribution in [1.29, 1.82) is 0 Å². The van der Waals surface area contributed by atoms with Crippen molar-refractivity contribution in [3.8, 4) is 0 Å². The number of hydrogen-bond acceptors (Lipinski definition) is 6. The highest BCUT2D eigenvalue weighted by Crippen LogP contribution is 2.27. The number of benzene rings is 2. The summed E-state index contributed by atoms with van der Waals surface area (Å²) >= 11 is 0. The third-order valence-electron chi connectivity index (χ3n) is 7.67.